The fraction of sp³-hybridized carbons (Fsp3) is 0.444. The molecule has 2 aliphatic heterocycles. The maximum atomic E-state index is 13.2. The Kier molecular flexibility index (Phi) is 10.6. The fourth-order valence-corrected chi connectivity index (χ4v) is 7.21. The Bertz CT molecular complexity index is 1310. The van der Waals surface area contributed by atoms with E-state index in [9.17, 15) is 34.6 Å². The second kappa shape index (κ2) is 14.4. The monoisotopic (exact) mass is 618 g/mol. The molecule has 224 valence electrons. The van der Waals surface area contributed by atoms with Gasteiger partial charge in [-0.15, -0.1) is 0 Å². The van der Waals surface area contributed by atoms with Gasteiger partial charge in [0.1, 0.15) is 13.2 Å². The molecule has 0 aliphatic carbocycles. The number of hydrogen-bond acceptors (Lipinski definition) is 11. The lowest BCUT2D eigenvalue weighted by Crippen LogP contribution is -2.47. The third kappa shape index (κ3) is 8.35. The average Bonchev–Trinajstić information content (AvgIpc) is 3.22. The molecular weight excluding hydrogens is 588 g/mol. The molecule has 2 saturated heterocycles. The van der Waals surface area contributed by atoms with E-state index < -0.39 is 22.0 Å². The molecule has 0 aromatic heterocycles. The predicted molar refractivity (Wildman–Crippen MR) is 156 cm³/mol. The first-order chi connectivity index (χ1) is 20.1. The molecule has 2 amide bonds. The van der Waals surface area contributed by atoms with E-state index >= 15 is 0 Å². The highest BCUT2D eigenvalue weighted by Crippen LogP contribution is 2.36. The summed E-state index contributed by atoms with van der Waals surface area (Å²) in [6.45, 7) is 2.51. The second-order valence-corrected chi connectivity index (χ2v) is 12.7. The van der Waals surface area contributed by atoms with E-state index in [-0.39, 0.29) is 46.2 Å². The molecule has 42 heavy (non-hydrogen) atoms. The second-order valence-electron chi connectivity index (χ2n) is 9.85. The van der Waals surface area contributed by atoms with E-state index in [1.54, 1.807) is 21.6 Å². The van der Waals surface area contributed by atoms with Crippen LogP contribution in [0.3, 0.4) is 0 Å². The zero-order valence-corrected chi connectivity index (χ0v) is 24.4. The van der Waals surface area contributed by atoms with Crippen LogP contribution in [0, 0.1) is 20.2 Å². The van der Waals surface area contributed by atoms with Crippen molar-refractivity contribution in [2.45, 2.75) is 49.5 Å². The summed E-state index contributed by atoms with van der Waals surface area (Å²) in [4.78, 5) is 62.1. The minimum absolute atomic E-state index is 0.0347. The molecule has 1 unspecified atom stereocenters. The van der Waals surface area contributed by atoms with Crippen LogP contribution in [0.15, 0.2) is 48.5 Å². The summed E-state index contributed by atoms with van der Waals surface area (Å²) in [5.41, 5.74) is 1.11. The van der Waals surface area contributed by atoms with E-state index in [0.29, 0.717) is 37.2 Å². The molecule has 15 heteroatoms. The molecule has 2 aromatic rings. The van der Waals surface area contributed by atoms with Crippen LogP contribution in [0.5, 0.6) is 0 Å². The molecule has 2 heterocycles. The molecule has 2 fully saturated rings. The van der Waals surface area contributed by atoms with Crippen LogP contribution in [-0.2, 0) is 27.5 Å². The van der Waals surface area contributed by atoms with Crippen LogP contribution in [0.4, 0.5) is 21.0 Å². The lowest BCUT2D eigenvalue weighted by Gasteiger charge is -2.32. The van der Waals surface area contributed by atoms with Gasteiger partial charge in [0.2, 0.25) is 0 Å². The van der Waals surface area contributed by atoms with Crippen molar-refractivity contribution in [3.63, 3.8) is 0 Å². The van der Waals surface area contributed by atoms with Gasteiger partial charge in [-0.3, -0.25) is 25.0 Å². The maximum absolute atomic E-state index is 13.2. The topological polar surface area (TPSA) is 162 Å². The van der Waals surface area contributed by atoms with Crippen LogP contribution in [-0.4, -0.2) is 78.9 Å². The van der Waals surface area contributed by atoms with Crippen LogP contribution in [0.25, 0.3) is 0 Å². The number of carbonyl (C=O) groups excluding carboxylic acids is 3. The molecule has 4 rings (SSSR count). The highest BCUT2D eigenvalue weighted by Gasteiger charge is 2.43. The number of ether oxygens (including phenoxy) is 2. The van der Waals surface area contributed by atoms with Gasteiger partial charge >= 0.3 is 12.2 Å². The number of likely N-dealkylation sites (tertiary alicyclic amines) is 1. The van der Waals surface area contributed by atoms with Gasteiger partial charge in [0, 0.05) is 67.4 Å². The number of thioether (sulfide) groups is 2. The molecule has 2 aliphatic rings. The summed E-state index contributed by atoms with van der Waals surface area (Å²) in [6, 6.07) is 11.2. The number of nitrogens with zero attached hydrogens (tertiary/aromatic N) is 4. The first kappa shape index (κ1) is 31.1. The van der Waals surface area contributed by atoms with Gasteiger partial charge < -0.3 is 19.3 Å². The normalized spacial score (nSPS) is 20.5. The van der Waals surface area contributed by atoms with E-state index in [2.05, 4.69) is 0 Å². The smallest absolute Gasteiger partial charge is 0.410 e. The Labute approximate surface area is 250 Å². The van der Waals surface area contributed by atoms with E-state index in [0.717, 1.165) is 12.2 Å². The first-order valence-corrected chi connectivity index (χ1v) is 15.1. The molecule has 0 N–H and O–H groups in total. The number of nitro groups is 2. The van der Waals surface area contributed by atoms with E-state index in [1.165, 1.54) is 67.2 Å². The number of hydrogen-bond donors (Lipinski definition) is 0. The third-order valence-electron chi connectivity index (χ3n) is 6.88. The van der Waals surface area contributed by atoms with Crippen LogP contribution >= 0.6 is 23.5 Å². The number of amides is 2. The van der Waals surface area contributed by atoms with Crippen molar-refractivity contribution in [1.82, 2.24) is 9.80 Å². The number of rotatable bonds is 8. The van der Waals surface area contributed by atoms with Gasteiger partial charge in [0.05, 0.1) is 9.85 Å². The van der Waals surface area contributed by atoms with Crippen molar-refractivity contribution in [2.24, 2.45) is 0 Å². The van der Waals surface area contributed by atoms with Crippen molar-refractivity contribution >= 4 is 52.2 Å². The lowest BCUT2D eigenvalue weighted by molar-refractivity contribution is -0.385. The van der Waals surface area contributed by atoms with Crippen molar-refractivity contribution < 1.29 is 33.7 Å². The van der Waals surface area contributed by atoms with Gasteiger partial charge in [0.25, 0.3) is 11.4 Å². The molecule has 0 radical (unpaired) electrons. The van der Waals surface area contributed by atoms with Gasteiger partial charge in [-0.05, 0) is 54.0 Å². The summed E-state index contributed by atoms with van der Waals surface area (Å²) >= 11 is 2.84. The summed E-state index contributed by atoms with van der Waals surface area (Å²) in [5, 5.41) is 21.5. The number of benzene rings is 2. The highest BCUT2D eigenvalue weighted by molar-refractivity contribution is 8.14. The van der Waals surface area contributed by atoms with E-state index in [4.69, 9.17) is 9.47 Å². The Balaban J connectivity index is 1.40. The molecule has 0 spiro atoms. The van der Waals surface area contributed by atoms with Gasteiger partial charge in [-0.2, -0.15) is 11.8 Å². The Morgan fingerprint density at radius 2 is 1.45 bits per heavy atom. The molecular formula is C27H30N4O9S2. The van der Waals surface area contributed by atoms with Gasteiger partial charge in [-0.1, -0.05) is 11.8 Å². The molecule has 2 aromatic carbocycles. The minimum Gasteiger partial charge on any atom is -0.445 e. The lowest BCUT2D eigenvalue weighted by atomic mass is 10.1. The van der Waals surface area contributed by atoms with E-state index in [1.807, 2.05) is 0 Å². The van der Waals surface area contributed by atoms with Gasteiger partial charge in [-0.25, -0.2) is 9.59 Å². The quantitative estimate of drug-likeness (QED) is 0.289. The van der Waals surface area contributed by atoms with Crippen LogP contribution in [0.2, 0.25) is 0 Å². The van der Waals surface area contributed by atoms with Crippen LogP contribution < -0.4 is 0 Å². The fourth-order valence-electron chi connectivity index (χ4n) is 4.85. The summed E-state index contributed by atoms with van der Waals surface area (Å²) in [5.74, 6) is 0.767. The van der Waals surface area contributed by atoms with Crippen molar-refractivity contribution in [3.05, 3.63) is 79.9 Å². The van der Waals surface area contributed by atoms with Crippen molar-refractivity contribution in [2.75, 3.05) is 25.4 Å². The Morgan fingerprint density at radius 1 is 0.905 bits per heavy atom. The predicted octanol–water partition coefficient (Wildman–Crippen LogP) is 5.01. The summed E-state index contributed by atoms with van der Waals surface area (Å²) in [7, 11) is 0. The summed E-state index contributed by atoms with van der Waals surface area (Å²) < 4.78 is 11.1. The van der Waals surface area contributed by atoms with Crippen molar-refractivity contribution in [1.29, 1.82) is 0 Å². The number of carbonyl (C=O) groups is 3. The average molecular weight is 619 g/mol. The molecule has 0 saturated carbocycles. The highest BCUT2D eigenvalue weighted by atomic mass is 32.2. The largest absolute Gasteiger partial charge is 0.445 e. The zero-order chi connectivity index (χ0) is 30.2. The molecule has 0 bridgehead atoms. The standard InChI is InChI=1S/C27H30N4O9S2/c1-18(32)42-23-13-24(29(14-23)27(34)40-17-20-5-9-22(10-6-20)31(37)38)25-15-28(11-2-12-41-25)26(33)39-16-19-3-7-21(8-4-19)30(35)36/h3-10,23-25H,2,11-17H2,1H3/t23-,24-,25?/m0/s1. The maximum Gasteiger partial charge on any atom is 0.410 e. The van der Waals surface area contributed by atoms with Gasteiger partial charge in [0.15, 0.2) is 5.12 Å². The Morgan fingerprint density at radius 3 is 1.98 bits per heavy atom. The molecule has 13 nitrogen and oxygen atoms in total. The summed E-state index contributed by atoms with van der Waals surface area (Å²) in [6.07, 6.45) is 0.222. The third-order valence-corrected chi connectivity index (χ3v) is 9.31. The Hall–Kier alpha value is -3.85. The first-order valence-electron chi connectivity index (χ1n) is 13.2. The van der Waals surface area contributed by atoms with Crippen molar-refractivity contribution in [3.8, 4) is 0 Å². The number of nitro benzene ring substituents is 2. The minimum atomic E-state index is -0.554. The van der Waals surface area contributed by atoms with Crippen LogP contribution in [0.1, 0.15) is 30.9 Å². The number of non-ortho nitro benzene ring substituents is 2. The molecule has 3 atom stereocenters. The SMILES string of the molecule is CC(=O)S[C@H]1C[C@@H](C2CN(C(=O)OCc3ccc([N+](=O)[O-])cc3)CCCS2)N(C(=O)OCc2ccc([N+](=O)[O-])cc2)C1. The zero-order valence-electron chi connectivity index (χ0n) is 22.8.